The van der Waals surface area contributed by atoms with Gasteiger partial charge in [-0.05, 0) is 54.1 Å². The highest BCUT2D eigenvalue weighted by Crippen LogP contribution is 2.27. The van der Waals surface area contributed by atoms with Crippen molar-refractivity contribution in [3.63, 3.8) is 0 Å². The number of hydrogen-bond acceptors (Lipinski definition) is 4. The number of hydrogen-bond donors (Lipinski definition) is 2. The third kappa shape index (κ3) is 4.79. The number of carbonyl (C=O) groups excluding carboxylic acids is 1. The molecule has 1 aromatic heterocycles. The quantitative estimate of drug-likeness (QED) is 0.419. The maximum atomic E-state index is 14.6. The number of carbonyl (C=O) groups is 2. The van der Waals surface area contributed by atoms with E-state index in [2.05, 4.69) is 15.2 Å². The molecule has 0 bridgehead atoms. The van der Waals surface area contributed by atoms with Crippen LogP contribution in [0.2, 0.25) is 0 Å². The van der Waals surface area contributed by atoms with Gasteiger partial charge in [-0.1, -0.05) is 18.2 Å². The number of nitrogens with one attached hydrogen (secondary N) is 1. The monoisotopic (exact) mass is 455 g/mol. The Morgan fingerprint density at radius 3 is 2.30 bits per heavy atom. The topological polar surface area (TPSA) is 93.5 Å². The van der Waals surface area contributed by atoms with E-state index >= 15 is 0 Å². The number of nitrogens with zero attached hydrogens (tertiary/aromatic N) is 2. The van der Waals surface area contributed by atoms with E-state index in [4.69, 9.17) is 5.11 Å². The third-order valence-corrected chi connectivity index (χ3v) is 4.83. The molecule has 1 heterocycles. The number of fused-ring (bicyclic) bond motifs is 1. The summed E-state index contributed by atoms with van der Waals surface area (Å²) < 4.78 is 45.0. The first kappa shape index (κ1) is 21.9. The Bertz CT molecular complexity index is 1320. The lowest BCUT2D eigenvalue weighted by Gasteiger charge is -2.07. The van der Waals surface area contributed by atoms with Gasteiger partial charge in [0.15, 0.2) is 5.82 Å². The van der Waals surface area contributed by atoms with Gasteiger partial charge < -0.3 is 15.2 Å². The van der Waals surface area contributed by atoms with Crippen LogP contribution >= 0.6 is 0 Å². The van der Waals surface area contributed by atoms with Gasteiger partial charge in [0.2, 0.25) is 0 Å². The summed E-state index contributed by atoms with van der Waals surface area (Å²) in [6.07, 6.45) is 0. The zero-order valence-corrected chi connectivity index (χ0v) is 16.8. The summed E-state index contributed by atoms with van der Waals surface area (Å²) >= 11 is 0. The van der Waals surface area contributed by atoms with Gasteiger partial charge in [0.05, 0.1) is 12.1 Å². The number of amides is 1. The normalized spacial score (nSPS) is 11.0. The molecule has 168 valence electrons. The molecule has 3 aromatic carbocycles. The molecule has 0 unspecified atom stereocenters. The van der Waals surface area contributed by atoms with Gasteiger partial charge in [0.25, 0.3) is 5.91 Å². The van der Waals surface area contributed by atoms with Crippen LogP contribution < -0.4 is 10.1 Å². The van der Waals surface area contributed by atoms with Crippen LogP contribution in [-0.4, -0.2) is 33.4 Å². The van der Waals surface area contributed by atoms with Crippen LogP contribution in [-0.2, 0) is 6.54 Å². The third-order valence-electron chi connectivity index (χ3n) is 4.83. The first-order valence-corrected chi connectivity index (χ1v) is 9.65. The fourth-order valence-corrected chi connectivity index (χ4v) is 3.29. The molecule has 33 heavy (non-hydrogen) atoms. The van der Waals surface area contributed by atoms with Crippen molar-refractivity contribution >= 4 is 28.6 Å². The summed E-state index contributed by atoms with van der Waals surface area (Å²) in [5, 5.41) is 16.3. The second kappa shape index (κ2) is 9.03. The second-order valence-corrected chi connectivity index (χ2v) is 7.00. The largest absolute Gasteiger partial charge is 0.478 e. The first-order valence-electron chi connectivity index (χ1n) is 9.65. The Balaban J connectivity index is 1.61. The first-order chi connectivity index (χ1) is 15.8. The van der Waals surface area contributed by atoms with Crippen molar-refractivity contribution < 1.29 is 32.6 Å². The van der Waals surface area contributed by atoms with Crippen LogP contribution in [0.5, 0.6) is 5.75 Å². The minimum atomic E-state index is -2.94. The van der Waals surface area contributed by atoms with E-state index in [1.165, 1.54) is 53.2 Å². The van der Waals surface area contributed by atoms with Crippen LogP contribution in [0.4, 0.5) is 19.0 Å². The number of rotatable bonds is 7. The number of carboxylic acids is 1. The van der Waals surface area contributed by atoms with E-state index in [1.807, 2.05) is 0 Å². The molecule has 0 aliphatic rings. The van der Waals surface area contributed by atoms with Gasteiger partial charge in [-0.3, -0.25) is 9.48 Å². The van der Waals surface area contributed by atoms with Crippen LogP contribution in [0.15, 0.2) is 66.7 Å². The number of carboxylic acid groups (broad SMARTS) is 1. The second-order valence-electron chi connectivity index (χ2n) is 7.00. The number of aromatic nitrogens is 2. The molecule has 1 amide bonds. The SMILES string of the molecule is O=C(O)c1ccc(C(=O)Nc2nn(Cc3ccc(OC(F)F)cc3)c3c(F)cccc23)cc1. The molecule has 7 nitrogen and oxygen atoms in total. The van der Waals surface area contributed by atoms with Crippen molar-refractivity contribution in [3.05, 3.63) is 89.2 Å². The fourth-order valence-electron chi connectivity index (χ4n) is 3.29. The highest BCUT2D eigenvalue weighted by molar-refractivity contribution is 6.08. The standard InChI is InChI=1S/C23H16F3N3O4/c24-18-3-1-2-17-19(18)29(12-13-4-10-16(11-5-13)33-23(25)26)28-20(17)27-21(30)14-6-8-15(9-7-14)22(31)32/h1-11,23H,12H2,(H,31,32)(H,27,28,30). The Hall–Kier alpha value is -4.34. The predicted molar refractivity (Wildman–Crippen MR) is 113 cm³/mol. The highest BCUT2D eigenvalue weighted by Gasteiger charge is 2.17. The highest BCUT2D eigenvalue weighted by atomic mass is 19.3. The fraction of sp³-hybridized carbons (Fsp3) is 0.0870. The number of aromatic carboxylic acids is 1. The maximum absolute atomic E-state index is 14.6. The zero-order valence-electron chi connectivity index (χ0n) is 16.8. The molecular weight excluding hydrogens is 439 g/mol. The van der Waals surface area contributed by atoms with E-state index in [0.717, 1.165) is 0 Å². The summed E-state index contributed by atoms with van der Waals surface area (Å²) in [4.78, 5) is 23.6. The lowest BCUT2D eigenvalue weighted by atomic mass is 10.1. The Labute approximate surface area is 185 Å². The van der Waals surface area contributed by atoms with E-state index in [-0.39, 0.29) is 34.8 Å². The lowest BCUT2D eigenvalue weighted by Crippen LogP contribution is -2.13. The molecule has 0 aliphatic carbocycles. The van der Waals surface area contributed by atoms with E-state index < -0.39 is 24.3 Å². The molecule has 0 radical (unpaired) electrons. The summed E-state index contributed by atoms with van der Waals surface area (Å²) in [5.41, 5.74) is 1.04. The molecule has 0 atom stereocenters. The number of halogens is 3. The number of anilines is 1. The molecule has 4 rings (SSSR count). The van der Waals surface area contributed by atoms with Gasteiger partial charge in [-0.25, -0.2) is 9.18 Å². The summed E-state index contributed by atoms with van der Waals surface area (Å²) in [6.45, 7) is -2.83. The van der Waals surface area contributed by atoms with Crippen LogP contribution in [0.3, 0.4) is 0 Å². The molecule has 10 heteroatoms. The molecule has 0 saturated carbocycles. The molecule has 0 spiro atoms. The van der Waals surface area contributed by atoms with Gasteiger partial charge >= 0.3 is 12.6 Å². The van der Waals surface area contributed by atoms with Crippen molar-refractivity contribution in [1.82, 2.24) is 9.78 Å². The van der Waals surface area contributed by atoms with Crippen LogP contribution in [0.25, 0.3) is 10.9 Å². The molecule has 0 aliphatic heterocycles. The minimum absolute atomic E-state index is 0.00729. The smallest absolute Gasteiger partial charge is 0.387 e. The number of ether oxygens (including phenoxy) is 1. The Morgan fingerprint density at radius 2 is 1.67 bits per heavy atom. The number of alkyl halides is 2. The van der Waals surface area contributed by atoms with E-state index in [9.17, 15) is 22.8 Å². The molecular formula is C23H16F3N3O4. The number of para-hydroxylation sites is 1. The summed E-state index contributed by atoms with van der Waals surface area (Å²) in [7, 11) is 0. The average molecular weight is 455 g/mol. The van der Waals surface area contributed by atoms with Gasteiger partial charge in [-0.2, -0.15) is 13.9 Å². The van der Waals surface area contributed by atoms with Crippen LogP contribution in [0, 0.1) is 5.82 Å². The van der Waals surface area contributed by atoms with Crippen molar-refractivity contribution in [2.75, 3.05) is 5.32 Å². The average Bonchev–Trinajstić information content (AvgIpc) is 3.13. The van der Waals surface area contributed by atoms with Crippen molar-refractivity contribution in [3.8, 4) is 5.75 Å². The molecule has 0 fully saturated rings. The number of benzene rings is 3. The summed E-state index contributed by atoms with van der Waals surface area (Å²) in [6, 6.07) is 15.5. The van der Waals surface area contributed by atoms with Gasteiger partial charge in [0, 0.05) is 10.9 Å². The van der Waals surface area contributed by atoms with E-state index in [0.29, 0.717) is 10.9 Å². The zero-order chi connectivity index (χ0) is 23.5. The summed E-state index contributed by atoms with van der Waals surface area (Å²) in [5.74, 6) is -2.10. The minimum Gasteiger partial charge on any atom is -0.478 e. The van der Waals surface area contributed by atoms with Crippen molar-refractivity contribution in [1.29, 1.82) is 0 Å². The molecule has 2 N–H and O–H groups in total. The van der Waals surface area contributed by atoms with Crippen LogP contribution in [0.1, 0.15) is 26.3 Å². The lowest BCUT2D eigenvalue weighted by molar-refractivity contribution is -0.0498. The van der Waals surface area contributed by atoms with Gasteiger partial charge in [-0.15, -0.1) is 0 Å². The Kier molecular flexibility index (Phi) is 5.99. The van der Waals surface area contributed by atoms with Crippen molar-refractivity contribution in [2.24, 2.45) is 0 Å². The Morgan fingerprint density at radius 1 is 1.00 bits per heavy atom. The predicted octanol–water partition coefficient (Wildman–Crippen LogP) is 4.78. The van der Waals surface area contributed by atoms with E-state index in [1.54, 1.807) is 18.2 Å². The van der Waals surface area contributed by atoms with Gasteiger partial charge in [0.1, 0.15) is 17.1 Å². The van der Waals surface area contributed by atoms with Crippen molar-refractivity contribution in [2.45, 2.75) is 13.2 Å². The molecule has 4 aromatic rings. The molecule has 0 saturated heterocycles. The maximum Gasteiger partial charge on any atom is 0.387 e.